The zero-order valence-electron chi connectivity index (χ0n) is 21.9. The van der Waals surface area contributed by atoms with Crippen LogP contribution in [0.25, 0.3) is 22.3 Å². The fraction of sp³-hybridized carbons (Fsp3) is 0.444. The first kappa shape index (κ1) is 30.0. The molecule has 5 rings (SSSR count). The van der Waals surface area contributed by atoms with Crippen LogP contribution in [0.5, 0.6) is 23.0 Å². The van der Waals surface area contributed by atoms with Gasteiger partial charge in [-0.25, -0.2) is 0 Å². The molecule has 10 atom stereocenters. The minimum Gasteiger partial charge on any atom is -0.508 e. The molecule has 15 heteroatoms. The normalized spacial score (nSPS) is 33.4. The van der Waals surface area contributed by atoms with Gasteiger partial charge in [0.05, 0.1) is 12.7 Å². The van der Waals surface area contributed by atoms with Gasteiger partial charge in [-0.05, 0) is 31.2 Å². The summed E-state index contributed by atoms with van der Waals surface area (Å²) in [5, 5.41) is 90.7. The van der Waals surface area contributed by atoms with Crippen molar-refractivity contribution in [3.8, 4) is 34.3 Å². The number of phenolic OH excluding ortho intramolecular Hbond substituents is 2. The van der Waals surface area contributed by atoms with Crippen molar-refractivity contribution in [2.24, 2.45) is 0 Å². The lowest BCUT2D eigenvalue weighted by atomic mass is 9.99. The molecular formula is C27H30O15. The highest BCUT2D eigenvalue weighted by atomic mass is 16.7. The number of hydrogen-bond donors (Lipinski definition) is 9. The molecule has 2 aromatic carbocycles. The van der Waals surface area contributed by atoms with E-state index in [-0.39, 0.29) is 28.4 Å². The summed E-state index contributed by atoms with van der Waals surface area (Å²) in [6.45, 7) is 0.702. The number of phenols is 2. The Hall–Kier alpha value is -3.51. The predicted molar refractivity (Wildman–Crippen MR) is 139 cm³/mol. The predicted octanol–water partition coefficient (Wildman–Crippen LogP) is -1.74. The lowest BCUT2D eigenvalue weighted by Gasteiger charge is -2.39. The number of benzene rings is 2. The fourth-order valence-electron chi connectivity index (χ4n) is 4.76. The Morgan fingerprint density at radius 2 is 1.40 bits per heavy atom. The van der Waals surface area contributed by atoms with E-state index in [4.69, 9.17) is 23.4 Å². The molecule has 0 saturated carbocycles. The average Bonchev–Trinajstić information content (AvgIpc) is 2.96. The van der Waals surface area contributed by atoms with Gasteiger partial charge in [-0.2, -0.15) is 0 Å². The standard InChI is InChI=1S/C27H30O15/c1-9-17(31)20(34)22(36)26(38-9)39-12-6-13(30)16-14(7-12)40-24(10-2-4-11(29)5-3-10)25(19(16)33)42-27-23(37)21(35)18(32)15(8-28)41-27/h2-7,9,15,17-18,20-23,26-32,34-37H,8H2,1H3/t9-,15-,17+,18-,20-,21+,22-,23-,26-,27+/m1/s1. The van der Waals surface area contributed by atoms with Crippen molar-refractivity contribution in [1.29, 1.82) is 0 Å². The largest absolute Gasteiger partial charge is 0.508 e. The van der Waals surface area contributed by atoms with E-state index < -0.39 is 90.3 Å². The number of aromatic hydroxyl groups is 2. The number of aliphatic hydroxyl groups is 7. The van der Waals surface area contributed by atoms with Crippen LogP contribution in [0.15, 0.2) is 45.6 Å². The summed E-state index contributed by atoms with van der Waals surface area (Å²) in [6, 6.07) is 7.53. The highest BCUT2D eigenvalue weighted by Gasteiger charge is 2.46. The van der Waals surface area contributed by atoms with Crippen LogP contribution in [0.3, 0.4) is 0 Å². The van der Waals surface area contributed by atoms with Crippen LogP contribution in [0.4, 0.5) is 0 Å². The minimum absolute atomic E-state index is 0.112. The van der Waals surface area contributed by atoms with E-state index in [0.717, 1.165) is 6.07 Å². The van der Waals surface area contributed by atoms with Gasteiger partial charge in [-0.1, -0.05) is 0 Å². The monoisotopic (exact) mass is 594 g/mol. The lowest BCUT2D eigenvalue weighted by molar-refractivity contribution is -0.277. The fourth-order valence-corrected chi connectivity index (χ4v) is 4.76. The highest BCUT2D eigenvalue weighted by molar-refractivity contribution is 5.88. The molecule has 15 nitrogen and oxygen atoms in total. The zero-order chi connectivity index (χ0) is 30.5. The van der Waals surface area contributed by atoms with Gasteiger partial charge in [0.15, 0.2) is 5.76 Å². The number of hydrogen-bond acceptors (Lipinski definition) is 15. The molecule has 2 saturated heterocycles. The number of fused-ring (bicyclic) bond motifs is 1. The quantitative estimate of drug-likeness (QED) is 0.154. The van der Waals surface area contributed by atoms with Crippen molar-refractivity contribution in [2.45, 2.75) is 68.3 Å². The van der Waals surface area contributed by atoms with Crippen LogP contribution >= 0.6 is 0 Å². The van der Waals surface area contributed by atoms with Crippen LogP contribution in [-0.4, -0.2) is 114 Å². The Bertz CT molecular complexity index is 1470. The Morgan fingerprint density at radius 3 is 2.05 bits per heavy atom. The molecule has 2 fully saturated rings. The second-order valence-corrected chi connectivity index (χ2v) is 10.1. The molecule has 3 heterocycles. The van der Waals surface area contributed by atoms with Crippen molar-refractivity contribution < 1.29 is 69.3 Å². The highest BCUT2D eigenvalue weighted by Crippen LogP contribution is 2.38. The number of ether oxygens (including phenoxy) is 4. The second kappa shape index (κ2) is 11.6. The summed E-state index contributed by atoms with van der Waals surface area (Å²) in [6.07, 6.45) is -15.5. The summed E-state index contributed by atoms with van der Waals surface area (Å²) in [5.74, 6) is -1.77. The van der Waals surface area contributed by atoms with Crippen molar-refractivity contribution in [3.63, 3.8) is 0 Å². The van der Waals surface area contributed by atoms with E-state index in [1.807, 2.05) is 0 Å². The molecule has 0 spiro atoms. The van der Waals surface area contributed by atoms with E-state index >= 15 is 0 Å². The topological polar surface area (TPSA) is 249 Å². The summed E-state index contributed by atoms with van der Waals surface area (Å²) in [7, 11) is 0. The third kappa shape index (κ3) is 5.37. The lowest BCUT2D eigenvalue weighted by Crippen LogP contribution is -2.60. The third-order valence-electron chi connectivity index (χ3n) is 7.18. The van der Waals surface area contributed by atoms with E-state index in [2.05, 4.69) is 0 Å². The van der Waals surface area contributed by atoms with Crippen molar-refractivity contribution >= 4 is 11.0 Å². The minimum atomic E-state index is -1.87. The summed E-state index contributed by atoms with van der Waals surface area (Å²) >= 11 is 0. The molecular weight excluding hydrogens is 564 g/mol. The summed E-state index contributed by atoms with van der Waals surface area (Å²) in [5.41, 5.74) is -1.01. The number of aliphatic hydroxyl groups excluding tert-OH is 7. The van der Waals surface area contributed by atoms with Crippen LogP contribution < -0.4 is 14.9 Å². The van der Waals surface area contributed by atoms with Crippen molar-refractivity contribution in [3.05, 3.63) is 46.6 Å². The number of rotatable bonds is 6. The molecule has 0 amide bonds. The Labute approximate surface area is 236 Å². The van der Waals surface area contributed by atoms with Gasteiger partial charge >= 0.3 is 0 Å². The molecule has 2 aliphatic heterocycles. The Kier molecular flexibility index (Phi) is 8.30. The molecule has 0 aliphatic carbocycles. The summed E-state index contributed by atoms with van der Waals surface area (Å²) in [4.78, 5) is 13.7. The van der Waals surface area contributed by atoms with Crippen LogP contribution in [0.2, 0.25) is 0 Å². The molecule has 2 aliphatic rings. The maximum Gasteiger partial charge on any atom is 0.239 e. The first-order valence-corrected chi connectivity index (χ1v) is 12.9. The molecule has 42 heavy (non-hydrogen) atoms. The maximum absolute atomic E-state index is 13.7. The molecule has 228 valence electrons. The van der Waals surface area contributed by atoms with Crippen molar-refractivity contribution in [2.75, 3.05) is 6.61 Å². The Morgan fingerprint density at radius 1 is 0.786 bits per heavy atom. The van der Waals surface area contributed by atoms with Gasteiger partial charge in [0.25, 0.3) is 0 Å². The van der Waals surface area contributed by atoms with Crippen LogP contribution in [0.1, 0.15) is 6.92 Å². The maximum atomic E-state index is 13.7. The van der Waals surface area contributed by atoms with E-state index in [1.54, 1.807) is 0 Å². The van der Waals surface area contributed by atoms with E-state index in [0.29, 0.717) is 0 Å². The van der Waals surface area contributed by atoms with Gasteiger partial charge in [0.1, 0.15) is 70.9 Å². The van der Waals surface area contributed by atoms with Gasteiger partial charge in [-0.3, -0.25) is 4.79 Å². The smallest absolute Gasteiger partial charge is 0.239 e. The molecule has 1 aromatic heterocycles. The van der Waals surface area contributed by atoms with Gasteiger partial charge in [0.2, 0.25) is 23.8 Å². The SMILES string of the molecule is C[C@H]1O[C@H](Oc2cc(O)c3c(=O)c(O[C@@H]4O[C@H](CO)[C@@H](O)[C@H](O)[C@H]4O)c(-c4ccc(O)cc4)oc3c2)[C@H](O)[C@H](O)[C@H]1O. The Balaban J connectivity index is 1.58. The van der Waals surface area contributed by atoms with Crippen LogP contribution in [-0.2, 0) is 9.47 Å². The van der Waals surface area contributed by atoms with Gasteiger partial charge < -0.3 is 69.3 Å². The third-order valence-corrected chi connectivity index (χ3v) is 7.18. The van der Waals surface area contributed by atoms with E-state index in [1.165, 1.54) is 37.3 Å². The first-order chi connectivity index (χ1) is 19.9. The van der Waals surface area contributed by atoms with Gasteiger partial charge in [-0.15, -0.1) is 0 Å². The van der Waals surface area contributed by atoms with E-state index in [9.17, 15) is 50.8 Å². The molecule has 0 unspecified atom stereocenters. The second-order valence-electron chi connectivity index (χ2n) is 10.1. The van der Waals surface area contributed by atoms with Crippen molar-refractivity contribution in [1.82, 2.24) is 0 Å². The first-order valence-electron chi connectivity index (χ1n) is 12.9. The molecule has 3 aromatic rings. The van der Waals surface area contributed by atoms with Gasteiger partial charge in [0, 0.05) is 17.7 Å². The summed E-state index contributed by atoms with van der Waals surface area (Å²) < 4.78 is 28.0. The molecule has 9 N–H and O–H groups in total. The van der Waals surface area contributed by atoms with Crippen LogP contribution in [0, 0.1) is 0 Å². The average molecular weight is 595 g/mol. The molecule has 0 bridgehead atoms. The molecule has 0 radical (unpaired) electrons. The zero-order valence-corrected chi connectivity index (χ0v) is 21.9.